The van der Waals surface area contributed by atoms with Crippen LogP contribution in [0.2, 0.25) is 0 Å². The molecule has 0 saturated heterocycles. The van der Waals surface area contributed by atoms with Gasteiger partial charge in [0.2, 0.25) is 0 Å². The second-order valence-corrected chi connectivity index (χ2v) is 4.28. The summed E-state index contributed by atoms with van der Waals surface area (Å²) < 4.78 is 10.8. The zero-order chi connectivity index (χ0) is 14.4. The van der Waals surface area contributed by atoms with Crippen molar-refractivity contribution in [2.24, 2.45) is 0 Å². The zero-order valence-corrected chi connectivity index (χ0v) is 11.6. The average Bonchev–Trinajstić information content (AvgIpc) is 2.52. The molecule has 4 nitrogen and oxygen atoms in total. The van der Waals surface area contributed by atoms with Gasteiger partial charge in [-0.2, -0.15) is 0 Å². The number of methoxy groups -OCH3 is 1. The number of aromatic nitrogens is 1. The van der Waals surface area contributed by atoms with Crippen LogP contribution in [0.5, 0.6) is 11.5 Å². The molecule has 0 atom stereocenters. The van der Waals surface area contributed by atoms with Crippen LogP contribution in [0, 0.1) is 0 Å². The fourth-order valence-corrected chi connectivity index (χ4v) is 1.80. The van der Waals surface area contributed by atoms with E-state index in [0.29, 0.717) is 29.2 Å². The summed E-state index contributed by atoms with van der Waals surface area (Å²) in [7, 11) is 1.56. The first-order valence-electron chi connectivity index (χ1n) is 6.51. The van der Waals surface area contributed by atoms with Crippen LogP contribution >= 0.6 is 0 Å². The Morgan fingerprint density at radius 3 is 2.70 bits per heavy atom. The summed E-state index contributed by atoms with van der Waals surface area (Å²) in [4.78, 5) is 16.3. The van der Waals surface area contributed by atoms with E-state index in [0.717, 1.165) is 6.42 Å². The second kappa shape index (κ2) is 6.70. The first-order chi connectivity index (χ1) is 9.76. The van der Waals surface area contributed by atoms with Gasteiger partial charge in [0, 0.05) is 23.5 Å². The third-order valence-corrected chi connectivity index (χ3v) is 2.81. The Balaban J connectivity index is 2.27. The Hall–Kier alpha value is -2.36. The largest absolute Gasteiger partial charge is 0.493 e. The molecule has 0 aliphatic heterocycles. The van der Waals surface area contributed by atoms with Crippen molar-refractivity contribution in [2.45, 2.75) is 13.3 Å². The molecular weight excluding hydrogens is 254 g/mol. The van der Waals surface area contributed by atoms with Gasteiger partial charge in [0.05, 0.1) is 13.7 Å². The molecule has 0 unspecified atom stereocenters. The Labute approximate surface area is 118 Å². The SMILES string of the molecule is CCCOc1ccc(C(=O)c2cccnc2)cc1OC. The molecule has 1 heterocycles. The van der Waals surface area contributed by atoms with Crippen molar-refractivity contribution in [1.82, 2.24) is 4.98 Å². The van der Waals surface area contributed by atoms with E-state index < -0.39 is 0 Å². The van der Waals surface area contributed by atoms with Gasteiger partial charge in [-0.05, 0) is 36.8 Å². The van der Waals surface area contributed by atoms with Crippen LogP contribution in [0.1, 0.15) is 29.3 Å². The van der Waals surface area contributed by atoms with Crippen LogP contribution in [0.15, 0.2) is 42.7 Å². The Morgan fingerprint density at radius 2 is 2.05 bits per heavy atom. The van der Waals surface area contributed by atoms with Gasteiger partial charge < -0.3 is 9.47 Å². The van der Waals surface area contributed by atoms with Gasteiger partial charge in [-0.15, -0.1) is 0 Å². The summed E-state index contributed by atoms with van der Waals surface area (Å²) in [5, 5.41) is 0. The summed E-state index contributed by atoms with van der Waals surface area (Å²) in [6.07, 6.45) is 4.11. The number of carbonyl (C=O) groups is 1. The minimum atomic E-state index is -0.0848. The molecule has 0 N–H and O–H groups in total. The fraction of sp³-hybridized carbons (Fsp3) is 0.250. The summed E-state index contributed by atoms with van der Waals surface area (Å²) in [5.41, 5.74) is 1.11. The Morgan fingerprint density at radius 1 is 1.20 bits per heavy atom. The molecular formula is C16H17NO3. The van der Waals surface area contributed by atoms with E-state index >= 15 is 0 Å². The summed E-state index contributed by atoms with van der Waals surface area (Å²) in [5.74, 6) is 1.13. The number of ketones is 1. The van der Waals surface area contributed by atoms with E-state index in [4.69, 9.17) is 9.47 Å². The van der Waals surface area contributed by atoms with Crippen LogP contribution < -0.4 is 9.47 Å². The average molecular weight is 271 g/mol. The molecule has 0 aliphatic carbocycles. The highest BCUT2D eigenvalue weighted by molar-refractivity contribution is 6.09. The van der Waals surface area contributed by atoms with E-state index in [1.165, 1.54) is 0 Å². The highest BCUT2D eigenvalue weighted by Crippen LogP contribution is 2.29. The first-order valence-corrected chi connectivity index (χ1v) is 6.51. The molecule has 1 aromatic carbocycles. The number of hydrogen-bond donors (Lipinski definition) is 0. The lowest BCUT2D eigenvalue weighted by Crippen LogP contribution is -2.03. The van der Waals surface area contributed by atoms with Gasteiger partial charge in [-0.1, -0.05) is 6.92 Å². The second-order valence-electron chi connectivity index (χ2n) is 4.28. The molecule has 1 aromatic heterocycles. The topological polar surface area (TPSA) is 48.4 Å². The minimum Gasteiger partial charge on any atom is -0.493 e. The molecule has 0 bridgehead atoms. The summed E-state index contributed by atoms with van der Waals surface area (Å²) >= 11 is 0. The lowest BCUT2D eigenvalue weighted by atomic mass is 10.0. The zero-order valence-electron chi connectivity index (χ0n) is 11.6. The number of hydrogen-bond acceptors (Lipinski definition) is 4. The lowest BCUT2D eigenvalue weighted by Gasteiger charge is -2.11. The van der Waals surface area contributed by atoms with Crippen molar-refractivity contribution in [3.8, 4) is 11.5 Å². The van der Waals surface area contributed by atoms with Crippen molar-refractivity contribution in [3.05, 3.63) is 53.9 Å². The molecule has 2 rings (SSSR count). The van der Waals surface area contributed by atoms with Gasteiger partial charge in [-0.3, -0.25) is 9.78 Å². The first kappa shape index (κ1) is 14.1. The normalized spacial score (nSPS) is 10.1. The highest BCUT2D eigenvalue weighted by atomic mass is 16.5. The summed E-state index contributed by atoms with van der Waals surface area (Å²) in [6, 6.07) is 8.67. The van der Waals surface area contributed by atoms with Gasteiger partial charge in [-0.25, -0.2) is 0 Å². The number of benzene rings is 1. The van der Waals surface area contributed by atoms with Gasteiger partial charge in [0.15, 0.2) is 17.3 Å². The van der Waals surface area contributed by atoms with Crippen molar-refractivity contribution in [2.75, 3.05) is 13.7 Å². The smallest absolute Gasteiger partial charge is 0.194 e. The van der Waals surface area contributed by atoms with Crippen LogP contribution in [0.25, 0.3) is 0 Å². The Kier molecular flexibility index (Phi) is 4.71. The van der Waals surface area contributed by atoms with Crippen LogP contribution in [0.4, 0.5) is 0 Å². The van der Waals surface area contributed by atoms with Crippen molar-refractivity contribution >= 4 is 5.78 Å². The van der Waals surface area contributed by atoms with E-state index in [-0.39, 0.29) is 5.78 Å². The fourth-order valence-electron chi connectivity index (χ4n) is 1.80. The quantitative estimate of drug-likeness (QED) is 0.757. The maximum absolute atomic E-state index is 12.3. The van der Waals surface area contributed by atoms with E-state index in [1.807, 2.05) is 6.92 Å². The number of carbonyl (C=O) groups excluding carboxylic acids is 1. The molecule has 0 spiro atoms. The van der Waals surface area contributed by atoms with E-state index in [1.54, 1.807) is 49.8 Å². The third-order valence-electron chi connectivity index (χ3n) is 2.81. The number of nitrogens with zero attached hydrogens (tertiary/aromatic N) is 1. The monoisotopic (exact) mass is 271 g/mol. The van der Waals surface area contributed by atoms with Crippen LogP contribution in [0.3, 0.4) is 0 Å². The molecule has 0 aliphatic rings. The van der Waals surface area contributed by atoms with Gasteiger partial charge in [0.1, 0.15) is 0 Å². The molecule has 20 heavy (non-hydrogen) atoms. The highest BCUT2D eigenvalue weighted by Gasteiger charge is 2.13. The maximum atomic E-state index is 12.3. The Bertz CT molecular complexity index is 582. The van der Waals surface area contributed by atoms with E-state index in [2.05, 4.69) is 4.98 Å². The molecule has 0 saturated carbocycles. The number of ether oxygens (including phenoxy) is 2. The molecule has 0 fully saturated rings. The summed E-state index contributed by atoms with van der Waals surface area (Å²) in [6.45, 7) is 2.65. The maximum Gasteiger partial charge on any atom is 0.194 e. The van der Waals surface area contributed by atoms with Crippen molar-refractivity contribution in [1.29, 1.82) is 0 Å². The van der Waals surface area contributed by atoms with Crippen LogP contribution in [-0.2, 0) is 0 Å². The molecule has 4 heteroatoms. The van der Waals surface area contributed by atoms with Crippen molar-refractivity contribution < 1.29 is 14.3 Å². The third kappa shape index (κ3) is 3.15. The van der Waals surface area contributed by atoms with Crippen molar-refractivity contribution in [3.63, 3.8) is 0 Å². The predicted octanol–water partition coefficient (Wildman–Crippen LogP) is 3.11. The molecule has 2 aromatic rings. The molecule has 0 radical (unpaired) electrons. The molecule has 104 valence electrons. The van der Waals surface area contributed by atoms with Gasteiger partial charge >= 0.3 is 0 Å². The number of pyridine rings is 1. The van der Waals surface area contributed by atoms with Crippen LogP contribution in [-0.4, -0.2) is 24.5 Å². The van der Waals surface area contributed by atoms with Gasteiger partial charge in [0.25, 0.3) is 0 Å². The predicted molar refractivity (Wildman–Crippen MR) is 76.4 cm³/mol. The minimum absolute atomic E-state index is 0.0848. The number of rotatable bonds is 6. The molecule has 0 amide bonds. The lowest BCUT2D eigenvalue weighted by molar-refractivity contribution is 0.103. The standard InChI is InChI=1S/C16H17NO3/c1-3-9-20-14-7-6-12(10-15(14)19-2)16(18)13-5-4-8-17-11-13/h4-8,10-11H,3,9H2,1-2H3. The van der Waals surface area contributed by atoms with E-state index in [9.17, 15) is 4.79 Å².